The van der Waals surface area contributed by atoms with Crippen molar-refractivity contribution in [3.63, 3.8) is 0 Å². The third-order valence-electron chi connectivity index (χ3n) is 8.30. The smallest absolute Gasteiger partial charge is 0.255 e. The number of carbonyl (C=O) groups excluding carboxylic acids is 2. The van der Waals surface area contributed by atoms with Crippen LogP contribution in [0.5, 0.6) is 5.75 Å². The Morgan fingerprint density at radius 1 is 1.07 bits per heavy atom. The Morgan fingerprint density at radius 3 is 2.19 bits per heavy atom. The van der Waals surface area contributed by atoms with E-state index in [1.54, 1.807) is 18.1 Å². The SMILES string of the molecule is COc1cc(N)c(Cl)cc1C(=O)N[C@@H]1CCN(C(C)CC(C(=O)N(C)C)(c2ccccc2)c2ccccc2)C[C@@H]1OC. The third-order valence-corrected chi connectivity index (χ3v) is 8.63. The van der Waals surface area contributed by atoms with Gasteiger partial charge in [-0.1, -0.05) is 72.3 Å². The average Bonchev–Trinajstić information content (AvgIpc) is 3.01. The molecule has 1 aliphatic rings. The highest BCUT2D eigenvalue weighted by atomic mass is 35.5. The van der Waals surface area contributed by atoms with Crippen molar-refractivity contribution in [3.05, 3.63) is 94.5 Å². The summed E-state index contributed by atoms with van der Waals surface area (Å²) in [4.78, 5) is 31.4. The second-order valence-corrected chi connectivity index (χ2v) is 11.5. The van der Waals surface area contributed by atoms with Crippen LogP contribution in [0.2, 0.25) is 5.02 Å². The van der Waals surface area contributed by atoms with Crippen molar-refractivity contribution in [3.8, 4) is 5.75 Å². The van der Waals surface area contributed by atoms with E-state index in [0.29, 0.717) is 41.4 Å². The van der Waals surface area contributed by atoms with Crippen LogP contribution in [0.3, 0.4) is 0 Å². The summed E-state index contributed by atoms with van der Waals surface area (Å²) in [5.41, 5.74) is 7.61. The normalized spacial score (nSPS) is 18.2. The molecule has 2 amide bonds. The van der Waals surface area contributed by atoms with Crippen LogP contribution in [0.15, 0.2) is 72.8 Å². The molecule has 9 heteroatoms. The fourth-order valence-corrected chi connectivity index (χ4v) is 6.21. The van der Waals surface area contributed by atoms with E-state index in [2.05, 4.69) is 17.1 Å². The van der Waals surface area contributed by atoms with Gasteiger partial charge >= 0.3 is 0 Å². The summed E-state index contributed by atoms with van der Waals surface area (Å²) < 4.78 is 11.3. The minimum Gasteiger partial charge on any atom is -0.496 e. The molecule has 3 aromatic carbocycles. The number of rotatable bonds is 10. The Balaban J connectivity index is 1.57. The van der Waals surface area contributed by atoms with Gasteiger partial charge in [0.2, 0.25) is 5.91 Å². The van der Waals surface area contributed by atoms with Crippen LogP contribution in [0.4, 0.5) is 5.69 Å². The first-order chi connectivity index (χ1) is 20.1. The number of nitrogen functional groups attached to an aromatic ring is 1. The molecule has 1 saturated heterocycles. The number of hydrogen-bond acceptors (Lipinski definition) is 6. The zero-order chi connectivity index (χ0) is 30.4. The summed E-state index contributed by atoms with van der Waals surface area (Å²) in [7, 11) is 6.77. The van der Waals surface area contributed by atoms with E-state index in [0.717, 1.165) is 17.7 Å². The van der Waals surface area contributed by atoms with E-state index in [4.69, 9.17) is 26.8 Å². The van der Waals surface area contributed by atoms with Gasteiger partial charge in [0.1, 0.15) is 11.2 Å². The minimum absolute atomic E-state index is 0.0274. The van der Waals surface area contributed by atoms with Crippen molar-refractivity contribution in [1.82, 2.24) is 15.1 Å². The van der Waals surface area contributed by atoms with E-state index in [1.165, 1.54) is 13.2 Å². The van der Waals surface area contributed by atoms with Gasteiger partial charge in [0.15, 0.2) is 0 Å². The summed E-state index contributed by atoms with van der Waals surface area (Å²) >= 11 is 6.20. The van der Waals surface area contributed by atoms with Crippen LogP contribution < -0.4 is 15.8 Å². The summed E-state index contributed by atoms with van der Waals surface area (Å²) in [6.07, 6.45) is 0.991. The number of hydrogen-bond donors (Lipinski definition) is 2. The fraction of sp³-hybridized carbons (Fsp3) is 0.394. The second-order valence-electron chi connectivity index (χ2n) is 11.1. The molecule has 4 rings (SSSR count). The summed E-state index contributed by atoms with van der Waals surface area (Å²) in [5, 5.41) is 3.41. The third kappa shape index (κ3) is 6.41. The molecule has 1 aliphatic heterocycles. The number of nitrogens with zero attached hydrogens (tertiary/aromatic N) is 2. The standard InChI is InChI=1S/C33H41ClN4O4/c1-22(20-33(32(40)37(2)3,23-12-8-6-9-13-23)24-14-10-7-11-15-24)38-17-16-28(30(21-38)42-5)36-31(39)25-18-26(34)27(35)19-29(25)41-4/h6-15,18-19,22,28,30H,16-17,20-21,35H2,1-5H3,(H,36,39)/t22?,28-,30+/m1/s1. The number of likely N-dealkylation sites (tertiary alicyclic amines) is 1. The molecule has 42 heavy (non-hydrogen) atoms. The van der Waals surface area contributed by atoms with Crippen molar-refractivity contribution in [1.29, 1.82) is 0 Å². The summed E-state index contributed by atoms with van der Waals surface area (Å²) in [5.74, 6) is 0.0949. The van der Waals surface area contributed by atoms with Gasteiger partial charge in [-0.05, 0) is 37.0 Å². The van der Waals surface area contributed by atoms with Gasteiger partial charge < -0.3 is 25.4 Å². The number of likely N-dealkylation sites (N-methyl/N-ethyl adjacent to an activating group) is 1. The molecule has 3 aromatic rings. The lowest BCUT2D eigenvalue weighted by atomic mass is 9.69. The maximum Gasteiger partial charge on any atom is 0.255 e. The molecule has 0 aromatic heterocycles. The van der Waals surface area contributed by atoms with Gasteiger partial charge in [0, 0.05) is 46.4 Å². The van der Waals surface area contributed by atoms with Crippen LogP contribution in [0, 0.1) is 0 Å². The number of carbonyl (C=O) groups is 2. The number of ether oxygens (including phenoxy) is 2. The first-order valence-corrected chi connectivity index (χ1v) is 14.5. The minimum atomic E-state index is -0.871. The van der Waals surface area contributed by atoms with Gasteiger partial charge in [-0.3, -0.25) is 14.5 Å². The molecule has 0 spiro atoms. The van der Waals surface area contributed by atoms with Crippen molar-refractivity contribution >= 4 is 29.1 Å². The average molecular weight is 593 g/mol. The molecule has 0 aliphatic carbocycles. The van der Waals surface area contributed by atoms with Gasteiger partial charge in [-0.25, -0.2) is 0 Å². The maximum absolute atomic E-state index is 14.1. The number of amides is 2. The van der Waals surface area contributed by atoms with Crippen molar-refractivity contribution in [2.75, 3.05) is 47.1 Å². The molecule has 0 bridgehead atoms. The fourth-order valence-electron chi connectivity index (χ4n) is 6.04. The topological polar surface area (TPSA) is 97.1 Å². The lowest BCUT2D eigenvalue weighted by Crippen LogP contribution is -2.58. The number of nitrogens with one attached hydrogen (secondary N) is 1. The zero-order valence-electron chi connectivity index (χ0n) is 25.0. The van der Waals surface area contributed by atoms with Crippen molar-refractivity contribution < 1.29 is 19.1 Å². The Hall–Kier alpha value is -3.59. The van der Waals surface area contributed by atoms with Crippen molar-refractivity contribution in [2.45, 2.75) is 43.4 Å². The first kappa shape index (κ1) is 31.3. The predicted molar refractivity (Wildman–Crippen MR) is 167 cm³/mol. The lowest BCUT2D eigenvalue weighted by molar-refractivity contribution is -0.134. The predicted octanol–water partition coefficient (Wildman–Crippen LogP) is 4.60. The highest BCUT2D eigenvalue weighted by Crippen LogP contribution is 2.40. The van der Waals surface area contributed by atoms with Crippen LogP contribution in [-0.2, 0) is 14.9 Å². The number of halogens is 1. The number of nitrogens with two attached hydrogens (primary N) is 1. The molecular weight excluding hydrogens is 552 g/mol. The molecule has 1 unspecified atom stereocenters. The lowest BCUT2D eigenvalue weighted by Gasteiger charge is -2.44. The number of methoxy groups -OCH3 is 2. The van der Waals surface area contributed by atoms with Crippen LogP contribution in [0.1, 0.15) is 41.3 Å². The Bertz CT molecular complexity index is 1330. The molecule has 1 heterocycles. The summed E-state index contributed by atoms with van der Waals surface area (Å²) in [6, 6.07) is 22.9. The Kier molecular flexibility index (Phi) is 10.1. The van der Waals surface area contributed by atoms with E-state index in [-0.39, 0.29) is 30.0 Å². The van der Waals surface area contributed by atoms with Crippen LogP contribution in [0.25, 0.3) is 0 Å². The first-order valence-electron chi connectivity index (χ1n) is 14.2. The number of piperidine rings is 1. The Morgan fingerprint density at radius 2 is 1.67 bits per heavy atom. The molecular formula is C33H41ClN4O4. The van der Waals surface area contributed by atoms with Gasteiger partial charge in [0.25, 0.3) is 5.91 Å². The molecule has 1 fully saturated rings. The molecule has 0 saturated carbocycles. The molecule has 0 radical (unpaired) electrons. The van der Waals surface area contributed by atoms with Gasteiger partial charge in [-0.2, -0.15) is 0 Å². The van der Waals surface area contributed by atoms with E-state index in [1.807, 2.05) is 74.8 Å². The molecule has 8 nitrogen and oxygen atoms in total. The summed E-state index contributed by atoms with van der Waals surface area (Å²) in [6.45, 7) is 3.48. The quantitative estimate of drug-likeness (QED) is 0.334. The number of anilines is 1. The monoisotopic (exact) mass is 592 g/mol. The van der Waals surface area contributed by atoms with Crippen molar-refractivity contribution in [2.24, 2.45) is 0 Å². The van der Waals surface area contributed by atoms with Gasteiger partial charge in [0.05, 0.1) is 35.5 Å². The zero-order valence-corrected chi connectivity index (χ0v) is 25.7. The molecule has 224 valence electrons. The second kappa shape index (κ2) is 13.6. The number of benzene rings is 3. The largest absolute Gasteiger partial charge is 0.496 e. The highest BCUT2D eigenvalue weighted by molar-refractivity contribution is 6.33. The van der Waals surface area contributed by atoms with E-state index in [9.17, 15) is 9.59 Å². The molecule has 3 atom stereocenters. The van der Waals surface area contributed by atoms with Gasteiger partial charge in [-0.15, -0.1) is 0 Å². The van der Waals surface area contributed by atoms with E-state index < -0.39 is 5.41 Å². The van der Waals surface area contributed by atoms with E-state index >= 15 is 0 Å². The van der Waals surface area contributed by atoms with Crippen LogP contribution >= 0.6 is 11.6 Å². The van der Waals surface area contributed by atoms with Crippen LogP contribution in [-0.4, -0.2) is 81.2 Å². The highest BCUT2D eigenvalue weighted by Gasteiger charge is 2.45. The molecule has 3 N–H and O–H groups in total. The Labute approximate surface area is 253 Å². The maximum atomic E-state index is 14.1.